The lowest BCUT2D eigenvalue weighted by Crippen LogP contribution is -2.14. The summed E-state index contributed by atoms with van der Waals surface area (Å²) in [5, 5.41) is 11.2. The molecule has 2 aromatic carbocycles. The van der Waals surface area contributed by atoms with Crippen LogP contribution in [0.15, 0.2) is 51.8 Å². The Morgan fingerprint density at radius 1 is 1.11 bits per heavy atom. The fourth-order valence-corrected chi connectivity index (χ4v) is 3.52. The van der Waals surface area contributed by atoms with E-state index in [2.05, 4.69) is 35.4 Å². The first-order chi connectivity index (χ1) is 12.9. The first-order valence-corrected chi connectivity index (χ1v) is 9.75. The van der Waals surface area contributed by atoms with Crippen LogP contribution in [0.3, 0.4) is 0 Å². The van der Waals surface area contributed by atoms with Gasteiger partial charge in [0.2, 0.25) is 11.8 Å². The summed E-state index contributed by atoms with van der Waals surface area (Å²) in [5.41, 5.74) is 4.16. The van der Waals surface area contributed by atoms with Gasteiger partial charge in [-0.3, -0.25) is 10.1 Å². The second-order valence-corrected chi connectivity index (χ2v) is 8.40. The van der Waals surface area contributed by atoms with Crippen molar-refractivity contribution in [1.82, 2.24) is 10.2 Å². The second kappa shape index (κ2) is 8.39. The van der Waals surface area contributed by atoms with Crippen LogP contribution in [0.5, 0.6) is 0 Å². The van der Waals surface area contributed by atoms with Gasteiger partial charge in [0.05, 0.1) is 6.42 Å². The van der Waals surface area contributed by atoms with Crippen LogP contribution in [0.25, 0.3) is 11.5 Å². The van der Waals surface area contributed by atoms with E-state index in [9.17, 15) is 4.79 Å². The van der Waals surface area contributed by atoms with Crippen molar-refractivity contribution in [1.29, 1.82) is 0 Å². The summed E-state index contributed by atoms with van der Waals surface area (Å²) in [6.45, 7) is 8.38. The fraction of sp³-hybridized carbons (Fsp3) is 0.286. The van der Waals surface area contributed by atoms with E-state index in [4.69, 9.17) is 4.42 Å². The molecule has 1 N–H and O–H groups in total. The van der Waals surface area contributed by atoms with E-state index in [1.54, 1.807) is 11.8 Å². The summed E-state index contributed by atoms with van der Waals surface area (Å²) in [6.07, 6.45) is 0.263. The summed E-state index contributed by atoms with van der Waals surface area (Å²) in [5.74, 6) is 0.209. The molecule has 1 aromatic heterocycles. The van der Waals surface area contributed by atoms with Gasteiger partial charge in [0.1, 0.15) is 0 Å². The molecule has 0 bridgehead atoms. The van der Waals surface area contributed by atoms with Crippen molar-refractivity contribution >= 4 is 23.7 Å². The fourth-order valence-electron chi connectivity index (χ4n) is 2.63. The average molecular weight is 382 g/mol. The number of hydrogen-bond donors (Lipinski definition) is 1. The first kappa shape index (κ1) is 19.2. The SMILES string of the molecule is Cc1ccc(CC(=O)Nc2nnc(-c3cccc(SC(C)C)c3)o2)cc1C. The minimum absolute atomic E-state index is 0.112. The largest absolute Gasteiger partial charge is 0.403 e. The topological polar surface area (TPSA) is 68.0 Å². The van der Waals surface area contributed by atoms with Crippen LogP contribution in [0, 0.1) is 13.8 Å². The van der Waals surface area contributed by atoms with Crippen molar-refractivity contribution in [3.05, 3.63) is 59.2 Å². The van der Waals surface area contributed by atoms with E-state index < -0.39 is 0 Å². The van der Waals surface area contributed by atoms with Crippen molar-refractivity contribution in [2.75, 3.05) is 5.32 Å². The van der Waals surface area contributed by atoms with Gasteiger partial charge in [0, 0.05) is 15.7 Å². The Balaban J connectivity index is 1.67. The molecule has 140 valence electrons. The Morgan fingerprint density at radius 2 is 1.93 bits per heavy atom. The van der Waals surface area contributed by atoms with Gasteiger partial charge in [0.25, 0.3) is 0 Å². The Bertz CT molecular complexity index is 950. The number of carbonyl (C=O) groups excluding carboxylic acids is 1. The molecule has 0 saturated carbocycles. The summed E-state index contributed by atoms with van der Waals surface area (Å²) in [7, 11) is 0. The number of anilines is 1. The number of aromatic nitrogens is 2. The third-order valence-corrected chi connectivity index (χ3v) is 5.06. The molecule has 0 spiro atoms. The molecule has 1 heterocycles. The zero-order valence-electron chi connectivity index (χ0n) is 15.9. The number of rotatable bonds is 6. The van der Waals surface area contributed by atoms with Gasteiger partial charge in [0.15, 0.2) is 0 Å². The molecule has 3 rings (SSSR count). The minimum atomic E-state index is -0.183. The monoisotopic (exact) mass is 381 g/mol. The van der Waals surface area contributed by atoms with Gasteiger partial charge < -0.3 is 4.42 Å². The molecule has 0 aliphatic carbocycles. The smallest absolute Gasteiger partial charge is 0.322 e. The van der Waals surface area contributed by atoms with Gasteiger partial charge in [-0.05, 0) is 48.7 Å². The molecular formula is C21H23N3O2S. The van der Waals surface area contributed by atoms with Crippen molar-refractivity contribution in [3.8, 4) is 11.5 Å². The van der Waals surface area contributed by atoms with Crippen LogP contribution in [0.1, 0.15) is 30.5 Å². The van der Waals surface area contributed by atoms with Crippen LogP contribution in [-0.2, 0) is 11.2 Å². The molecule has 6 heteroatoms. The number of nitrogens with one attached hydrogen (secondary N) is 1. The molecular weight excluding hydrogens is 358 g/mol. The third-order valence-electron chi connectivity index (χ3n) is 4.06. The van der Waals surface area contributed by atoms with Crippen LogP contribution in [0.2, 0.25) is 0 Å². The quantitative estimate of drug-likeness (QED) is 0.606. The van der Waals surface area contributed by atoms with Crippen molar-refractivity contribution < 1.29 is 9.21 Å². The molecule has 0 unspecified atom stereocenters. The number of benzene rings is 2. The maximum Gasteiger partial charge on any atom is 0.322 e. The van der Waals surface area contributed by atoms with Gasteiger partial charge in [-0.1, -0.05) is 43.2 Å². The normalized spacial score (nSPS) is 11.0. The average Bonchev–Trinajstić information content (AvgIpc) is 3.06. The Hall–Kier alpha value is -2.60. The minimum Gasteiger partial charge on any atom is -0.403 e. The third kappa shape index (κ3) is 5.20. The first-order valence-electron chi connectivity index (χ1n) is 8.87. The Labute approximate surface area is 163 Å². The van der Waals surface area contributed by atoms with Crippen LogP contribution >= 0.6 is 11.8 Å². The van der Waals surface area contributed by atoms with Gasteiger partial charge in [-0.2, -0.15) is 0 Å². The second-order valence-electron chi connectivity index (χ2n) is 6.75. The number of carbonyl (C=O) groups is 1. The molecule has 0 radical (unpaired) electrons. The highest BCUT2D eigenvalue weighted by Crippen LogP contribution is 2.28. The number of thioether (sulfide) groups is 1. The van der Waals surface area contributed by atoms with Gasteiger partial charge >= 0.3 is 6.01 Å². The number of nitrogens with zero attached hydrogens (tertiary/aromatic N) is 2. The highest BCUT2D eigenvalue weighted by atomic mass is 32.2. The standard InChI is InChI=1S/C21H23N3O2S/c1-13(2)27-18-7-5-6-17(12-18)20-23-24-21(26-20)22-19(25)11-16-9-8-14(3)15(4)10-16/h5-10,12-13H,11H2,1-4H3,(H,22,24,25). The zero-order valence-corrected chi connectivity index (χ0v) is 16.8. The van der Waals surface area contributed by atoms with E-state index in [-0.39, 0.29) is 18.3 Å². The van der Waals surface area contributed by atoms with Crippen LogP contribution in [-0.4, -0.2) is 21.4 Å². The molecule has 1 amide bonds. The lowest BCUT2D eigenvalue weighted by Gasteiger charge is -2.05. The van der Waals surface area contributed by atoms with E-state index in [0.717, 1.165) is 16.0 Å². The molecule has 0 fully saturated rings. The lowest BCUT2D eigenvalue weighted by atomic mass is 10.0. The van der Waals surface area contributed by atoms with Crippen molar-refractivity contribution in [3.63, 3.8) is 0 Å². The Kier molecular flexibility index (Phi) is 5.96. The summed E-state index contributed by atoms with van der Waals surface area (Å²) >= 11 is 1.77. The number of amides is 1. The van der Waals surface area contributed by atoms with Crippen LogP contribution < -0.4 is 5.32 Å². The van der Waals surface area contributed by atoms with Crippen molar-refractivity contribution in [2.45, 2.75) is 44.3 Å². The summed E-state index contributed by atoms with van der Waals surface area (Å²) in [6, 6.07) is 14.0. The van der Waals surface area contributed by atoms with Gasteiger partial charge in [-0.25, -0.2) is 0 Å². The molecule has 5 nitrogen and oxygen atoms in total. The molecule has 0 aliphatic rings. The summed E-state index contributed by atoms with van der Waals surface area (Å²) < 4.78 is 5.62. The number of aryl methyl sites for hydroxylation is 2. The zero-order chi connectivity index (χ0) is 19.4. The maximum atomic E-state index is 12.3. The van der Waals surface area contributed by atoms with E-state index in [1.165, 1.54) is 11.1 Å². The molecule has 3 aromatic rings. The summed E-state index contributed by atoms with van der Waals surface area (Å²) in [4.78, 5) is 13.4. The molecule has 27 heavy (non-hydrogen) atoms. The predicted octanol–water partition coefficient (Wildman–Crippen LogP) is 5.04. The molecule has 0 atom stereocenters. The van der Waals surface area contributed by atoms with E-state index in [1.807, 2.05) is 50.2 Å². The van der Waals surface area contributed by atoms with E-state index >= 15 is 0 Å². The maximum absolute atomic E-state index is 12.3. The Morgan fingerprint density at radius 3 is 2.67 bits per heavy atom. The van der Waals surface area contributed by atoms with Gasteiger partial charge in [-0.15, -0.1) is 16.9 Å². The molecule has 0 saturated heterocycles. The highest BCUT2D eigenvalue weighted by Gasteiger charge is 2.13. The number of hydrogen-bond acceptors (Lipinski definition) is 5. The molecule has 0 aliphatic heterocycles. The predicted molar refractivity (Wildman–Crippen MR) is 109 cm³/mol. The lowest BCUT2D eigenvalue weighted by molar-refractivity contribution is -0.115. The van der Waals surface area contributed by atoms with E-state index in [0.29, 0.717) is 11.1 Å². The highest BCUT2D eigenvalue weighted by molar-refractivity contribution is 7.99. The van der Waals surface area contributed by atoms with Crippen molar-refractivity contribution in [2.24, 2.45) is 0 Å². The van der Waals surface area contributed by atoms with Crippen LogP contribution in [0.4, 0.5) is 6.01 Å².